The smallest absolute Gasteiger partial charge is 0.356 e. The maximum Gasteiger partial charge on any atom is 0.416 e. The first-order valence-corrected chi connectivity index (χ1v) is 11.2. The molecule has 0 saturated heterocycles. The van der Waals surface area contributed by atoms with Crippen LogP contribution in [0.2, 0.25) is 0 Å². The predicted molar refractivity (Wildman–Crippen MR) is 106 cm³/mol. The van der Waals surface area contributed by atoms with Gasteiger partial charge in [-0.1, -0.05) is 12.1 Å². The van der Waals surface area contributed by atoms with E-state index >= 15 is 0 Å². The molecule has 1 aromatic rings. The average Bonchev–Trinajstić information content (AvgIpc) is 2.60. The van der Waals surface area contributed by atoms with Crippen molar-refractivity contribution in [2.45, 2.75) is 69.8 Å². The van der Waals surface area contributed by atoms with Gasteiger partial charge in [-0.3, -0.25) is 4.79 Å². The van der Waals surface area contributed by atoms with E-state index in [9.17, 15) is 26.4 Å². The molecule has 0 atom stereocenters. The molecule has 0 radical (unpaired) electrons. The maximum absolute atomic E-state index is 12.6. The Balaban J connectivity index is 1.75. The summed E-state index contributed by atoms with van der Waals surface area (Å²) in [5, 5.41) is 2.83. The largest absolute Gasteiger partial charge is 0.416 e. The third-order valence-electron chi connectivity index (χ3n) is 5.22. The number of amides is 1. The molecule has 0 unspecified atom stereocenters. The summed E-state index contributed by atoms with van der Waals surface area (Å²) < 4.78 is 64.0. The van der Waals surface area contributed by atoms with E-state index in [1.165, 1.54) is 12.1 Å². The van der Waals surface area contributed by atoms with Crippen molar-refractivity contribution in [2.75, 3.05) is 6.54 Å². The standard InChI is InChI=1S/C20H29F3N2O3S/c1-19(2,3)29(27,28)25-17-10-6-15(7-11-17)18(26)24-13-12-14-4-8-16(9-5-14)20(21,22)23/h4-5,8-9,15,17,25H,6-7,10-13H2,1-3H3,(H,24,26). The number of halogens is 3. The molecule has 1 fully saturated rings. The van der Waals surface area contributed by atoms with Crippen molar-refractivity contribution in [2.24, 2.45) is 5.92 Å². The molecule has 0 aliphatic heterocycles. The van der Waals surface area contributed by atoms with Crippen LogP contribution >= 0.6 is 0 Å². The number of benzene rings is 1. The fourth-order valence-electron chi connectivity index (χ4n) is 3.20. The molecule has 2 N–H and O–H groups in total. The molecular formula is C20H29F3N2O3S. The van der Waals surface area contributed by atoms with E-state index in [1.807, 2.05) is 0 Å². The quantitative estimate of drug-likeness (QED) is 0.718. The molecule has 1 aromatic carbocycles. The highest BCUT2D eigenvalue weighted by Crippen LogP contribution is 2.29. The van der Waals surface area contributed by atoms with Crippen LogP contribution in [0.4, 0.5) is 13.2 Å². The van der Waals surface area contributed by atoms with Gasteiger partial charge in [0.05, 0.1) is 10.3 Å². The second-order valence-corrected chi connectivity index (χ2v) is 11.0. The molecule has 0 heterocycles. The number of carbonyl (C=O) groups excluding carboxylic acids is 1. The third kappa shape index (κ3) is 6.70. The summed E-state index contributed by atoms with van der Waals surface area (Å²) in [5.41, 5.74) is 0.0303. The Labute approximate surface area is 170 Å². The van der Waals surface area contributed by atoms with Crippen molar-refractivity contribution in [3.63, 3.8) is 0 Å². The van der Waals surface area contributed by atoms with Crippen molar-refractivity contribution in [3.8, 4) is 0 Å². The first-order valence-electron chi connectivity index (χ1n) is 9.75. The van der Waals surface area contributed by atoms with Gasteiger partial charge in [-0.2, -0.15) is 13.2 Å². The van der Waals surface area contributed by atoms with Crippen molar-refractivity contribution >= 4 is 15.9 Å². The Bertz CT molecular complexity index is 792. The monoisotopic (exact) mass is 434 g/mol. The zero-order chi connectivity index (χ0) is 21.9. The number of carbonyl (C=O) groups is 1. The lowest BCUT2D eigenvalue weighted by molar-refractivity contribution is -0.137. The van der Waals surface area contributed by atoms with Crippen LogP contribution in [0.1, 0.15) is 57.6 Å². The first kappa shape index (κ1) is 23.7. The van der Waals surface area contributed by atoms with E-state index in [-0.39, 0.29) is 17.9 Å². The van der Waals surface area contributed by atoms with Crippen LogP contribution in [-0.2, 0) is 27.4 Å². The van der Waals surface area contributed by atoms with Crippen LogP contribution in [0, 0.1) is 5.92 Å². The van der Waals surface area contributed by atoms with Crippen LogP contribution in [0.25, 0.3) is 0 Å². The van der Waals surface area contributed by atoms with Crippen molar-refractivity contribution < 1.29 is 26.4 Å². The summed E-state index contributed by atoms with van der Waals surface area (Å²) in [5.74, 6) is -0.257. The van der Waals surface area contributed by atoms with Crippen molar-refractivity contribution in [1.82, 2.24) is 10.0 Å². The molecule has 29 heavy (non-hydrogen) atoms. The summed E-state index contributed by atoms with van der Waals surface area (Å²) in [7, 11) is -3.41. The van der Waals surface area contributed by atoms with Crippen LogP contribution in [0.5, 0.6) is 0 Å². The molecule has 1 aliphatic carbocycles. The number of hydrogen-bond acceptors (Lipinski definition) is 3. The van der Waals surface area contributed by atoms with Gasteiger partial charge in [0.2, 0.25) is 15.9 Å². The SMILES string of the molecule is CC(C)(C)S(=O)(=O)NC1CCC(C(=O)NCCc2ccc(C(F)(F)F)cc2)CC1. The zero-order valence-electron chi connectivity index (χ0n) is 17.0. The molecule has 5 nitrogen and oxygen atoms in total. The Morgan fingerprint density at radius 3 is 2.07 bits per heavy atom. The molecule has 0 aromatic heterocycles. The fourth-order valence-corrected chi connectivity index (χ4v) is 4.23. The van der Waals surface area contributed by atoms with Gasteiger partial charge in [0.1, 0.15) is 0 Å². The van der Waals surface area contributed by atoms with E-state index in [2.05, 4.69) is 10.0 Å². The summed E-state index contributed by atoms with van der Waals surface area (Å²) in [6.45, 7) is 5.28. The summed E-state index contributed by atoms with van der Waals surface area (Å²) in [6.07, 6.45) is -1.50. The van der Waals surface area contributed by atoms with Gasteiger partial charge in [-0.25, -0.2) is 13.1 Å². The van der Waals surface area contributed by atoms with Crippen LogP contribution in [0.15, 0.2) is 24.3 Å². The topological polar surface area (TPSA) is 75.3 Å². The fraction of sp³-hybridized carbons (Fsp3) is 0.650. The van der Waals surface area contributed by atoms with Gasteiger partial charge in [0.25, 0.3) is 0 Å². The summed E-state index contributed by atoms with van der Waals surface area (Å²) in [4.78, 5) is 12.3. The molecule has 1 amide bonds. The highest BCUT2D eigenvalue weighted by molar-refractivity contribution is 7.90. The number of rotatable bonds is 6. The first-order chi connectivity index (χ1) is 13.3. The predicted octanol–water partition coefficient (Wildman–Crippen LogP) is 3.64. The Morgan fingerprint density at radius 1 is 1.03 bits per heavy atom. The molecule has 0 bridgehead atoms. The molecular weight excluding hydrogens is 405 g/mol. The molecule has 164 valence electrons. The van der Waals surface area contributed by atoms with Crippen LogP contribution < -0.4 is 10.0 Å². The van der Waals surface area contributed by atoms with Crippen molar-refractivity contribution in [3.05, 3.63) is 35.4 Å². The van der Waals surface area contributed by atoms with Crippen LogP contribution in [0.3, 0.4) is 0 Å². The van der Waals surface area contributed by atoms with E-state index in [4.69, 9.17) is 0 Å². The highest BCUT2D eigenvalue weighted by Gasteiger charge is 2.34. The second-order valence-electron chi connectivity index (χ2n) is 8.52. The third-order valence-corrected chi connectivity index (χ3v) is 7.48. The molecule has 0 spiro atoms. The summed E-state index contributed by atoms with van der Waals surface area (Å²) in [6, 6.07) is 4.76. The number of alkyl halides is 3. The Kier molecular flexibility index (Phi) is 7.37. The van der Waals surface area contributed by atoms with Gasteiger partial charge in [-0.05, 0) is 70.6 Å². The Morgan fingerprint density at radius 2 is 1.59 bits per heavy atom. The van der Waals surface area contributed by atoms with E-state index in [0.717, 1.165) is 17.7 Å². The van der Waals surface area contributed by atoms with E-state index in [0.29, 0.717) is 38.6 Å². The molecule has 1 aliphatic rings. The lowest BCUT2D eigenvalue weighted by Crippen LogP contribution is -2.46. The van der Waals surface area contributed by atoms with Crippen molar-refractivity contribution in [1.29, 1.82) is 0 Å². The second kappa shape index (κ2) is 9.04. The van der Waals surface area contributed by atoms with Gasteiger partial charge in [0, 0.05) is 18.5 Å². The van der Waals surface area contributed by atoms with E-state index < -0.39 is 26.5 Å². The highest BCUT2D eigenvalue weighted by atomic mass is 32.2. The summed E-state index contributed by atoms with van der Waals surface area (Å²) >= 11 is 0. The zero-order valence-corrected chi connectivity index (χ0v) is 17.8. The van der Waals surface area contributed by atoms with Gasteiger partial charge < -0.3 is 5.32 Å². The van der Waals surface area contributed by atoms with Gasteiger partial charge in [-0.15, -0.1) is 0 Å². The minimum absolute atomic E-state index is 0.0889. The molecule has 1 saturated carbocycles. The van der Waals surface area contributed by atoms with Gasteiger partial charge in [0.15, 0.2) is 0 Å². The number of nitrogens with one attached hydrogen (secondary N) is 2. The average molecular weight is 435 g/mol. The molecule has 2 rings (SSSR count). The normalized spacial score (nSPS) is 21.0. The lowest BCUT2D eigenvalue weighted by atomic mass is 9.86. The van der Waals surface area contributed by atoms with E-state index in [1.54, 1.807) is 20.8 Å². The lowest BCUT2D eigenvalue weighted by Gasteiger charge is -2.30. The van der Waals surface area contributed by atoms with Gasteiger partial charge >= 0.3 is 6.18 Å². The number of hydrogen-bond donors (Lipinski definition) is 2. The minimum atomic E-state index is -4.35. The van der Waals surface area contributed by atoms with Crippen LogP contribution in [-0.4, -0.2) is 31.7 Å². The maximum atomic E-state index is 12.6. The molecule has 9 heteroatoms. The minimum Gasteiger partial charge on any atom is -0.356 e. The Hall–Kier alpha value is -1.61. The number of sulfonamides is 1.